The number of nitrogens with zero attached hydrogens (tertiary/aromatic N) is 1. The van der Waals surface area contributed by atoms with Crippen molar-refractivity contribution in [2.24, 2.45) is 0 Å². The van der Waals surface area contributed by atoms with Crippen LogP contribution in [0.1, 0.15) is 34.4 Å². The summed E-state index contributed by atoms with van der Waals surface area (Å²) in [6, 6.07) is 11.5. The first-order valence-electron chi connectivity index (χ1n) is 8.65. The van der Waals surface area contributed by atoms with Crippen molar-refractivity contribution in [3.05, 3.63) is 99.8 Å². The van der Waals surface area contributed by atoms with E-state index >= 15 is 0 Å². The summed E-state index contributed by atoms with van der Waals surface area (Å²) >= 11 is 5.96. The Morgan fingerprint density at radius 3 is 2.48 bits per heavy atom. The first-order valence-corrected chi connectivity index (χ1v) is 9.02. The third-order valence-electron chi connectivity index (χ3n) is 4.39. The normalized spacial score (nSPS) is 17.8. The van der Waals surface area contributed by atoms with Crippen LogP contribution in [0.15, 0.2) is 60.9 Å². The van der Waals surface area contributed by atoms with Crippen molar-refractivity contribution in [1.29, 1.82) is 0 Å². The van der Waals surface area contributed by atoms with E-state index in [1.165, 1.54) is 12.3 Å². The molecule has 2 heterocycles. The molecule has 0 radical (unpaired) electrons. The third-order valence-corrected chi connectivity index (χ3v) is 4.62. The summed E-state index contributed by atoms with van der Waals surface area (Å²) in [5.41, 5.74) is 1.50. The van der Waals surface area contributed by atoms with Gasteiger partial charge in [-0.2, -0.15) is 0 Å². The van der Waals surface area contributed by atoms with E-state index in [4.69, 9.17) is 16.3 Å². The summed E-state index contributed by atoms with van der Waals surface area (Å²) in [6.45, 7) is 0. The molecule has 2 aromatic carbocycles. The molecule has 29 heavy (non-hydrogen) atoms. The number of benzene rings is 2. The van der Waals surface area contributed by atoms with Gasteiger partial charge in [0, 0.05) is 28.5 Å². The molecule has 1 aromatic heterocycles. The molecule has 0 saturated carbocycles. The number of rotatable bonds is 2. The molecule has 2 atom stereocenters. The van der Waals surface area contributed by atoms with Crippen LogP contribution in [-0.4, -0.2) is 11.1 Å². The van der Waals surface area contributed by atoms with Gasteiger partial charge in [-0.1, -0.05) is 35.6 Å². The van der Waals surface area contributed by atoms with Crippen LogP contribution in [0.4, 0.5) is 13.6 Å². The summed E-state index contributed by atoms with van der Waals surface area (Å²) in [5.74, 6) is 4.36. The van der Waals surface area contributed by atoms with Gasteiger partial charge in [-0.3, -0.25) is 4.98 Å². The monoisotopic (exact) mass is 410 g/mol. The maximum Gasteiger partial charge on any atom is 0.408 e. The molecule has 3 aromatic rings. The quantitative estimate of drug-likeness (QED) is 0.609. The van der Waals surface area contributed by atoms with E-state index in [2.05, 4.69) is 22.1 Å². The molecular weight excluding hydrogens is 398 g/mol. The largest absolute Gasteiger partial charge is 0.439 e. The second-order valence-electron chi connectivity index (χ2n) is 6.35. The van der Waals surface area contributed by atoms with Crippen LogP contribution in [0.25, 0.3) is 0 Å². The Labute approximate surface area is 170 Å². The first-order chi connectivity index (χ1) is 14.0. The van der Waals surface area contributed by atoms with Gasteiger partial charge in [0.2, 0.25) is 0 Å². The number of cyclic esters (lactones) is 1. The van der Waals surface area contributed by atoms with E-state index in [0.29, 0.717) is 16.1 Å². The van der Waals surface area contributed by atoms with Gasteiger partial charge in [-0.05, 0) is 42.0 Å². The maximum atomic E-state index is 14.2. The standard InChI is InChI=1S/C22H13ClF2N2O2/c23-16-4-1-3-13(10-16)7-8-14-9-15(12-26-11-14)20-21(29-22(28)27-20)19-17(24)5-2-6-18(19)25/h1-6,9-12,20-21H,(H,27,28). The molecule has 4 rings (SSSR count). The fraction of sp³-hybridized carbons (Fsp3) is 0.0909. The average Bonchev–Trinajstić information content (AvgIpc) is 3.08. The predicted molar refractivity (Wildman–Crippen MR) is 103 cm³/mol. The lowest BCUT2D eigenvalue weighted by molar-refractivity contribution is 0.127. The lowest BCUT2D eigenvalue weighted by Crippen LogP contribution is -2.20. The molecule has 144 valence electrons. The second-order valence-corrected chi connectivity index (χ2v) is 6.79. The Bertz CT molecular complexity index is 1140. The maximum absolute atomic E-state index is 14.2. The topological polar surface area (TPSA) is 51.2 Å². The van der Waals surface area contributed by atoms with Crippen LogP contribution in [0, 0.1) is 23.5 Å². The van der Waals surface area contributed by atoms with E-state index in [1.807, 2.05) is 6.07 Å². The zero-order chi connectivity index (χ0) is 20.4. The molecular formula is C22H13ClF2N2O2. The van der Waals surface area contributed by atoms with Crippen molar-refractivity contribution < 1.29 is 18.3 Å². The SMILES string of the molecule is O=C1NC(c2cncc(C#Cc3cccc(Cl)c3)c2)C(c2c(F)cccc2F)O1. The highest BCUT2D eigenvalue weighted by molar-refractivity contribution is 6.30. The molecule has 7 heteroatoms. The summed E-state index contributed by atoms with van der Waals surface area (Å²) in [7, 11) is 0. The molecule has 1 N–H and O–H groups in total. The van der Waals surface area contributed by atoms with Gasteiger partial charge in [-0.15, -0.1) is 0 Å². The summed E-state index contributed by atoms with van der Waals surface area (Å²) in [6.07, 6.45) is 1.12. The van der Waals surface area contributed by atoms with Gasteiger partial charge in [0.25, 0.3) is 0 Å². The number of aromatic nitrogens is 1. The van der Waals surface area contributed by atoms with Crippen LogP contribution >= 0.6 is 11.6 Å². The van der Waals surface area contributed by atoms with Crippen molar-refractivity contribution in [3.63, 3.8) is 0 Å². The van der Waals surface area contributed by atoms with Crippen LogP contribution in [0.5, 0.6) is 0 Å². The minimum atomic E-state index is -1.17. The van der Waals surface area contributed by atoms with E-state index in [9.17, 15) is 13.6 Å². The molecule has 0 bridgehead atoms. The number of carbonyl (C=O) groups is 1. The van der Waals surface area contributed by atoms with Crippen LogP contribution in [0.2, 0.25) is 5.02 Å². The summed E-state index contributed by atoms with van der Waals surface area (Å²) in [5, 5.41) is 3.15. The van der Waals surface area contributed by atoms with Gasteiger partial charge >= 0.3 is 6.09 Å². The van der Waals surface area contributed by atoms with Crippen LogP contribution in [0.3, 0.4) is 0 Å². The number of halogens is 3. The van der Waals surface area contributed by atoms with Crippen molar-refractivity contribution in [2.75, 3.05) is 0 Å². The fourth-order valence-electron chi connectivity index (χ4n) is 3.09. The number of hydrogen-bond donors (Lipinski definition) is 1. The predicted octanol–water partition coefficient (Wildman–Crippen LogP) is 4.94. The minimum Gasteiger partial charge on any atom is -0.439 e. The molecule has 2 unspecified atom stereocenters. The number of hydrogen-bond acceptors (Lipinski definition) is 3. The number of carbonyl (C=O) groups excluding carboxylic acids is 1. The molecule has 0 spiro atoms. The molecule has 0 aliphatic carbocycles. The Kier molecular flexibility index (Phi) is 5.15. The van der Waals surface area contributed by atoms with Gasteiger partial charge in [-0.25, -0.2) is 13.6 Å². The zero-order valence-corrected chi connectivity index (χ0v) is 15.6. The van der Waals surface area contributed by atoms with Crippen molar-refractivity contribution in [3.8, 4) is 11.8 Å². The van der Waals surface area contributed by atoms with E-state index in [1.54, 1.807) is 30.5 Å². The van der Waals surface area contributed by atoms with Crippen LogP contribution in [-0.2, 0) is 4.74 Å². The molecule has 4 nitrogen and oxygen atoms in total. The lowest BCUT2D eigenvalue weighted by Gasteiger charge is -2.18. The number of nitrogens with one attached hydrogen (secondary N) is 1. The zero-order valence-electron chi connectivity index (χ0n) is 14.8. The summed E-state index contributed by atoms with van der Waals surface area (Å²) < 4.78 is 33.6. The Balaban J connectivity index is 1.67. The smallest absolute Gasteiger partial charge is 0.408 e. The van der Waals surface area contributed by atoms with Crippen molar-refractivity contribution in [2.45, 2.75) is 12.1 Å². The van der Waals surface area contributed by atoms with E-state index in [0.717, 1.165) is 17.7 Å². The van der Waals surface area contributed by atoms with Gasteiger partial charge < -0.3 is 10.1 Å². The number of ether oxygens (including phenoxy) is 1. The second kappa shape index (κ2) is 7.90. The van der Waals surface area contributed by atoms with E-state index in [-0.39, 0.29) is 5.56 Å². The molecule has 1 aliphatic rings. The summed E-state index contributed by atoms with van der Waals surface area (Å²) in [4.78, 5) is 16.0. The first kappa shape index (κ1) is 18.9. The average molecular weight is 411 g/mol. The highest BCUT2D eigenvalue weighted by Gasteiger charge is 2.39. The number of alkyl carbamates (subject to hydrolysis) is 1. The Hall–Kier alpha value is -3.43. The third kappa shape index (κ3) is 4.05. The highest BCUT2D eigenvalue weighted by Crippen LogP contribution is 2.38. The Morgan fingerprint density at radius 1 is 1.00 bits per heavy atom. The van der Waals surface area contributed by atoms with Crippen molar-refractivity contribution in [1.82, 2.24) is 10.3 Å². The Morgan fingerprint density at radius 2 is 1.72 bits per heavy atom. The van der Waals surface area contributed by atoms with Gasteiger partial charge in [0.15, 0.2) is 6.10 Å². The molecule has 1 saturated heterocycles. The number of amides is 1. The minimum absolute atomic E-state index is 0.314. The van der Waals surface area contributed by atoms with Crippen molar-refractivity contribution >= 4 is 17.7 Å². The van der Waals surface area contributed by atoms with Crippen LogP contribution < -0.4 is 5.32 Å². The highest BCUT2D eigenvalue weighted by atomic mass is 35.5. The van der Waals surface area contributed by atoms with E-state index < -0.39 is 29.9 Å². The fourth-order valence-corrected chi connectivity index (χ4v) is 3.28. The van der Waals surface area contributed by atoms with Gasteiger partial charge in [0.05, 0.1) is 5.56 Å². The molecule has 1 fully saturated rings. The molecule has 1 aliphatic heterocycles. The van der Waals surface area contributed by atoms with Gasteiger partial charge in [0.1, 0.15) is 17.7 Å². The lowest BCUT2D eigenvalue weighted by atomic mass is 9.96. The molecule has 1 amide bonds. The number of pyridine rings is 1.